The summed E-state index contributed by atoms with van der Waals surface area (Å²) in [5, 5.41) is 2.76. The topological polar surface area (TPSA) is 58.4 Å². The van der Waals surface area contributed by atoms with Gasteiger partial charge in [0.25, 0.3) is 0 Å². The van der Waals surface area contributed by atoms with Gasteiger partial charge in [-0.25, -0.2) is 0 Å². The van der Waals surface area contributed by atoms with Crippen LogP contribution in [-0.2, 0) is 4.79 Å². The molecule has 0 radical (unpaired) electrons. The standard InChI is InChI=1S/C9H21N3O/c1-4-11-9(13)7-12(5-2)6-8(3)10/h8H,4-7,10H2,1-3H3,(H,11,13). The highest BCUT2D eigenvalue weighted by Crippen LogP contribution is 1.89. The van der Waals surface area contributed by atoms with Gasteiger partial charge < -0.3 is 11.1 Å². The van der Waals surface area contributed by atoms with Crippen LogP contribution in [0.5, 0.6) is 0 Å². The van der Waals surface area contributed by atoms with Crippen molar-refractivity contribution >= 4 is 5.91 Å². The lowest BCUT2D eigenvalue weighted by Crippen LogP contribution is -2.42. The molecule has 13 heavy (non-hydrogen) atoms. The van der Waals surface area contributed by atoms with E-state index in [1.165, 1.54) is 0 Å². The molecule has 1 amide bonds. The van der Waals surface area contributed by atoms with E-state index in [0.29, 0.717) is 13.1 Å². The first-order chi connectivity index (χ1) is 6.10. The van der Waals surface area contributed by atoms with E-state index in [-0.39, 0.29) is 11.9 Å². The molecule has 0 aliphatic heterocycles. The number of hydrogen-bond donors (Lipinski definition) is 2. The molecular weight excluding hydrogens is 166 g/mol. The fourth-order valence-electron chi connectivity index (χ4n) is 1.17. The SMILES string of the molecule is CCNC(=O)CN(CC)CC(C)N. The molecule has 0 aromatic carbocycles. The van der Waals surface area contributed by atoms with Gasteiger partial charge in [0.1, 0.15) is 0 Å². The van der Waals surface area contributed by atoms with E-state index in [9.17, 15) is 4.79 Å². The largest absolute Gasteiger partial charge is 0.355 e. The van der Waals surface area contributed by atoms with E-state index in [1.807, 2.05) is 25.7 Å². The summed E-state index contributed by atoms with van der Waals surface area (Å²) in [6.45, 7) is 8.66. The van der Waals surface area contributed by atoms with Crippen LogP contribution in [0, 0.1) is 0 Å². The first-order valence-electron chi connectivity index (χ1n) is 4.84. The third-order valence-electron chi connectivity index (χ3n) is 1.73. The first-order valence-corrected chi connectivity index (χ1v) is 4.84. The van der Waals surface area contributed by atoms with Gasteiger partial charge in [-0.15, -0.1) is 0 Å². The van der Waals surface area contributed by atoms with Crippen LogP contribution in [0.15, 0.2) is 0 Å². The van der Waals surface area contributed by atoms with E-state index in [1.54, 1.807) is 0 Å². The predicted molar refractivity (Wildman–Crippen MR) is 54.4 cm³/mol. The van der Waals surface area contributed by atoms with Gasteiger partial charge in [0.2, 0.25) is 5.91 Å². The van der Waals surface area contributed by atoms with Gasteiger partial charge in [-0.3, -0.25) is 9.69 Å². The molecule has 0 saturated carbocycles. The van der Waals surface area contributed by atoms with Crippen molar-refractivity contribution in [2.75, 3.05) is 26.2 Å². The smallest absolute Gasteiger partial charge is 0.234 e. The van der Waals surface area contributed by atoms with Crippen LogP contribution in [0.25, 0.3) is 0 Å². The minimum absolute atomic E-state index is 0.0741. The number of nitrogens with one attached hydrogen (secondary N) is 1. The van der Waals surface area contributed by atoms with Gasteiger partial charge >= 0.3 is 0 Å². The number of amides is 1. The fourth-order valence-corrected chi connectivity index (χ4v) is 1.17. The van der Waals surface area contributed by atoms with E-state index < -0.39 is 0 Å². The summed E-state index contributed by atoms with van der Waals surface area (Å²) in [5.74, 6) is 0.0741. The number of likely N-dealkylation sites (N-methyl/N-ethyl adjacent to an activating group) is 2. The number of nitrogens with two attached hydrogens (primary N) is 1. The normalized spacial score (nSPS) is 13.0. The zero-order valence-electron chi connectivity index (χ0n) is 8.84. The molecule has 0 bridgehead atoms. The molecule has 1 unspecified atom stereocenters. The van der Waals surface area contributed by atoms with E-state index in [4.69, 9.17) is 5.73 Å². The second-order valence-electron chi connectivity index (χ2n) is 3.26. The van der Waals surface area contributed by atoms with Crippen molar-refractivity contribution in [1.82, 2.24) is 10.2 Å². The Bertz CT molecular complexity index is 148. The van der Waals surface area contributed by atoms with Gasteiger partial charge in [-0.2, -0.15) is 0 Å². The van der Waals surface area contributed by atoms with Crippen molar-refractivity contribution < 1.29 is 4.79 Å². The van der Waals surface area contributed by atoms with Crippen molar-refractivity contribution in [3.05, 3.63) is 0 Å². The number of rotatable bonds is 6. The summed E-state index contributed by atoms with van der Waals surface area (Å²) < 4.78 is 0. The second-order valence-corrected chi connectivity index (χ2v) is 3.26. The third-order valence-corrected chi connectivity index (χ3v) is 1.73. The van der Waals surface area contributed by atoms with Gasteiger partial charge in [0, 0.05) is 19.1 Å². The Morgan fingerprint density at radius 1 is 1.54 bits per heavy atom. The molecular formula is C9H21N3O. The Kier molecular flexibility index (Phi) is 6.54. The summed E-state index contributed by atoms with van der Waals surface area (Å²) in [5.41, 5.74) is 5.65. The molecule has 4 nitrogen and oxygen atoms in total. The van der Waals surface area contributed by atoms with Crippen molar-refractivity contribution in [1.29, 1.82) is 0 Å². The van der Waals surface area contributed by atoms with Gasteiger partial charge in [-0.05, 0) is 20.4 Å². The average molecular weight is 187 g/mol. The maximum atomic E-state index is 11.2. The lowest BCUT2D eigenvalue weighted by atomic mass is 10.3. The Balaban J connectivity index is 3.76. The van der Waals surface area contributed by atoms with Gasteiger partial charge in [0.15, 0.2) is 0 Å². The lowest BCUT2D eigenvalue weighted by Gasteiger charge is -2.21. The van der Waals surface area contributed by atoms with Crippen LogP contribution in [0.3, 0.4) is 0 Å². The minimum Gasteiger partial charge on any atom is -0.355 e. The van der Waals surface area contributed by atoms with Crippen molar-refractivity contribution in [2.45, 2.75) is 26.8 Å². The third kappa shape index (κ3) is 6.54. The highest BCUT2D eigenvalue weighted by atomic mass is 16.2. The van der Waals surface area contributed by atoms with Crippen LogP contribution in [0.4, 0.5) is 0 Å². The van der Waals surface area contributed by atoms with E-state index in [0.717, 1.165) is 13.1 Å². The quantitative estimate of drug-likeness (QED) is 0.605. The minimum atomic E-state index is 0.0741. The highest BCUT2D eigenvalue weighted by Gasteiger charge is 2.09. The summed E-state index contributed by atoms with van der Waals surface area (Å²) in [6.07, 6.45) is 0. The summed E-state index contributed by atoms with van der Waals surface area (Å²) in [6, 6.07) is 0.120. The summed E-state index contributed by atoms with van der Waals surface area (Å²) in [7, 11) is 0. The molecule has 0 aliphatic carbocycles. The number of carbonyl (C=O) groups excluding carboxylic acids is 1. The number of hydrogen-bond acceptors (Lipinski definition) is 3. The van der Waals surface area contributed by atoms with E-state index in [2.05, 4.69) is 5.32 Å². The molecule has 0 aromatic heterocycles. The fraction of sp³-hybridized carbons (Fsp3) is 0.889. The van der Waals surface area contributed by atoms with E-state index >= 15 is 0 Å². The highest BCUT2D eigenvalue weighted by molar-refractivity contribution is 5.77. The Morgan fingerprint density at radius 2 is 2.15 bits per heavy atom. The second kappa shape index (κ2) is 6.86. The van der Waals surface area contributed by atoms with Crippen molar-refractivity contribution in [3.8, 4) is 0 Å². The summed E-state index contributed by atoms with van der Waals surface area (Å²) in [4.78, 5) is 13.2. The first kappa shape index (κ1) is 12.4. The van der Waals surface area contributed by atoms with Crippen LogP contribution < -0.4 is 11.1 Å². The average Bonchev–Trinajstić information content (AvgIpc) is 2.02. The molecule has 0 fully saturated rings. The summed E-state index contributed by atoms with van der Waals surface area (Å²) >= 11 is 0. The molecule has 0 rings (SSSR count). The number of carbonyl (C=O) groups is 1. The molecule has 3 N–H and O–H groups in total. The van der Waals surface area contributed by atoms with Gasteiger partial charge in [-0.1, -0.05) is 6.92 Å². The monoisotopic (exact) mass is 187 g/mol. The molecule has 4 heteroatoms. The zero-order chi connectivity index (χ0) is 10.3. The van der Waals surface area contributed by atoms with Crippen LogP contribution in [0.1, 0.15) is 20.8 Å². The molecule has 0 aromatic rings. The molecule has 0 aliphatic rings. The number of nitrogens with zero attached hydrogens (tertiary/aromatic N) is 1. The molecule has 78 valence electrons. The molecule has 0 spiro atoms. The molecule has 0 saturated heterocycles. The van der Waals surface area contributed by atoms with Crippen LogP contribution in [0.2, 0.25) is 0 Å². The van der Waals surface area contributed by atoms with Crippen molar-refractivity contribution in [3.63, 3.8) is 0 Å². The molecule has 0 heterocycles. The van der Waals surface area contributed by atoms with Gasteiger partial charge in [0.05, 0.1) is 6.54 Å². The zero-order valence-corrected chi connectivity index (χ0v) is 8.84. The molecule has 1 atom stereocenters. The lowest BCUT2D eigenvalue weighted by molar-refractivity contribution is -0.122. The van der Waals surface area contributed by atoms with Crippen LogP contribution in [-0.4, -0.2) is 43.0 Å². The maximum absolute atomic E-state index is 11.2. The maximum Gasteiger partial charge on any atom is 0.234 e. The van der Waals surface area contributed by atoms with Crippen LogP contribution >= 0.6 is 0 Å². The Labute approximate surface area is 80.5 Å². The predicted octanol–water partition coefficient (Wildman–Crippen LogP) is -0.208. The Hall–Kier alpha value is -0.610. The Morgan fingerprint density at radius 3 is 2.54 bits per heavy atom. The van der Waals surface area contributed by atoms with Crippen molar-refractivity contribution in [2.24, 2.45) is 5.73 Å².